The highest BCUT2D eigenvalue weighted by molar-refractivity contribution is 5.79. The Morgan fingerprint density at radius 3 is 2.65 bits per heavy atom. The summed E-state index contributed by atoms with van der Waals surface area (Å²) in [6.07, 6.45) is 1.34. The second-order valence-electron chi connectivity index (χ2n) is 5.95. The Morgan fingerprint density at radius 2 is 2.09 bits per heavy atom. The molecule has 1 fully saturated rings. The Hall–Kier alpha value is -2.15. The van der Waals surface area contributed by atoms with Gasteiger partial charge in [-0.05, 0) is 50.6 Å². The van der Waals surface area contributed by atoms with Crippen LogP contribution < -0.4 is 11.1 Å². The molecule has 0 bridgehead atoms. The summed E-state index contributed by atoms with van der Waals surface area (Å²) in [5.74, 6) is -1.67. The van der Waals surface area contributed by atoms with Crippen LogP contribution in [0.15, 0.2) is 18.2 Å². The van der Waals surface area contributed by atoms with E-state index in [0.717, 1.165) is 0 Å². The third kappa shape index (κ3) is 4.66. The van der Waals surface area contributed by atoms with Crippen molar-refractivity contribution in [2.45, 2.75) is 25.8 Å². The molecule has 1 aliphatic rings. The summed E-state index contributed by atoms with van der Waals surface area (Å²) in [6.45, 7) is 3.30. The minimum Gasteiger partial charge on any atom is -0.505 e. The number of phenols is 1. The molecule has 1 aromatic carbocycles. The fourth-order valence-corrected chi connectivity index (χ4v) is 2.74. The van der Waals surface area contributed by atoms with Crippen molar-refractivity contribution in [3.8, 4) is 5.75 Å². The smallest absolute Gasteiger partial charge is 0.234 e. The van der Waals surface area contributed by atoms with Crippen molar-refractivity contribution in [1.29, 1.82) is 0 Å². The number of nitrogens with one attached hydrogen (secondary N) is 1. The lowest BCUT2D eigenvalue weighted by molar-refractivity contribution is -0.124. The molecular formula is C16H22FN3O3. The predicted octanol–water partition coefficient (Wildman–Crippen LogP) is 0.906. The lowest BCUT2D eigenvalue weighted by atomic mass is 9.96. The number of primary amides is 1. The van der Waals surface area contributed by atoms with Gasteiger partial charge in [-0.1, -0.05) is 6.07 Å². The number of phenolic OH excluding ortho intramolecular Hbond substituents is 1. The summed E-state index contributed by atoms with van der Waals surface area (Å²) < 4.78 is 13.3. The zero-order chi connectivity index (χ0) is 17.0. The number of nitrogens with two attached hydrogens (primary N) is 1. The van der Waals surface area contributed by atoms with Crippen molar-refractivity contribution in [2.75, 3.05) is 19.6 Å². The molecule has 4 N–H and O–H groups in total. The Labute approximate surface area is 134 Å². The molecule has 126 valence electrons. The molecule has 0 saturated carbocycles. The average molecular weight is 323 g/mol. The van der Waals surface area contributed by atoms with E-state index in [1.807, 2.05) is 4.90 Å². The lowest BCUT2D eigenvalue weighted by Crippen LogP contribution is -2.44. The predicted molar refractivity (Wildman–Crippen MR) is 83.0 cm³/mol. The van der Waals surface area contributed by atoms with Crippen molar-refractivity contribution in [2.24, 2.45) is 11.7 Å². The Balaban J connectivity index is 1.82. The van der Waals surface area contributed by atoms with Gasteiger partial charge in [-0.3, -0.25) is 14.5 Å². The average Bonchev–Trinajstić information content (AvgIpc) is 2.50. The molecule has 0 aliphatic carbocycles. The minimum atomic E-state index is -0.711. The van der Waals surface area contributed by atoms with E-state index in [2.05, 4.69) is 5.32 Å². The molecule has 0 aromatic heterocycles. The highest BCUT2D eigenvalue weighted by Crippen LogP contribution is 2.21. The van der Waals surface area contributed by atoms with Crippen LogP contribution in [-0.2, 0) is 9.59 Å². The maximum Gasteiger partial charge on any atom is 0.234 e. The summed E-state index contributed by atoms with van der Waals surface area (Å²) >= 11 is 0. The summed E-state index contributed by atoms with van der Waals surface area (Å²) in [5, 5.41) is 12.0. The number of carbonyl (C=O) groups is 2. The molecule has 23 heavy (non-hydrogen) atoms. The quantitative estimate of drug-likeness (QED) is 0.750. The normalized spacial score (nSPS) is 17.7. The third-order valence-corrected chi connectivity index (χ3v) is 4.21. The standard InChI is InChI=1S/C16H22FN3O3/c1-10(12-2-3-14(21)13(17)8-12)19-15(22)9-20-6-4-11(5-7-20)16(18)23/h2-3,8,10-11,21H,4-7,9H2,1H3,(H2,18,23)(H,19,22)/t10-/m1/s1. The zero-order valence-corrected chi connectivity index (χ0v) is 13.1. The molecule has 0 spiro atoms. The number of aromatic hydroxyl groups is 1. The number of benzene rings is 1. The maximum atomic E-state index is 13.3. The van der Waals surface area contributed by atoms with Crippen LogP contribution in [0.3, 0.4) is 0 Å². The number of hydrogen-bond donors (Lipinski definition) is 3. The van der Waals surface area contributed by atoms with E-state index in [0.29, 0.717) is 31.5 Å². The first-order chi connectivity index (χ1) is 10.9. The van der Waals surface area contributed by atoms with Crippen LogP contribution in [0, 0.1) is 11.7 Å². The molecule has 2 amide bonds. The summed E-state index contributed by atoms with van der Waals surface area (Å²) in [6, 6.07) is 3.68. The van der Waals surface area contributed by atoms with E-state index in [1.54, 1.807) is 13.0 Å². The SMILES string of the molecule is C[C@@H](NC(=O)CN1CCC(C(N)=O)CC1)c1ccc(O)c(F)c1. The molecule has 2 rings (SSSR count). The van der Waals surface area contributed by atoms with Crippen LogP contribution in [0.1, 0.15) is 31.4 Å². The second-order valence-corrected chi connectivity index (χ2v) is 5.95. The molecule has 0 radical (unpaired) electrons. The monoisotopic (exact) mass is 323 g/mol. The maximum absolute atomic E-state index is 13.3. The lowest BCUT2D eigenvalue weighted by Gasteiger charge is -2.30. The van der Waals surface area contributed by atoms with E-state index < -0.39 is 11.6 Å². The van der Waals surface area contributed by atoms with Crippen LogP contribution in [0.5, 0.6) is 5.75 Å². The van der Waals surface area contributed by atoms with E-state index in [1.165, 1.54) is 12.1 Å². The number of nitrogens with zero attached hydrogens (tertiary/aromatic N) is 1. The third-order valence-electron chi connectivity index (χ3n) is 4.21. The topological polar surface area (TPSA) is 95.7 Å². The van der Waals surface area contributed by atoms with Crippen molar-refractivity contribution < 1.29 is 19.1 Å². The van der Waals surface area contributed by atoms with Gasteiger partial charge in [0.25, 0.3) is 0 Å². The molecule has 0 unspecified atom stereocenters. The van der Waals surface area contributed by atoms with Crippen molar-refractivity contribution in [1.82, 2.24) is 10.2 Å². The molecule has 1 atom stereocenters. The van der Waals surface area contributed by atoms with E-state index >= 15 is 0 Å². The minimum absolute atomic E-state index is 0.104. The van der Waals surface area contributed by atoms with Gasteiger partial charge in [0, 0.05) is 5.92 Å². The van der Waals surface area contributed by atoms with Gasteiger partial charge in [-0.2, -0.15) is 0 Å². The van der Waals surface area contributed by atoms with Crippen molar-refractivity contribution in [3.63, 3.8) is 0 Å². The van der Waals surface area contributed by atoms with E-state index in [-0.39, 0.29) is 30.3 Å². The first-order valence-corrected chi connectivity index (χ1v) is 7.66. The van der Waals surface area contributed by atoms with E-state index in [9.17, 15) is 19.1 Å². The van der Waals surface area contributed by atoms with Gasteiger partial charge >= 0.3 is 0 Å². The molecule has 1 aromatic rings. The first-order valence-electron chi connectivity index (χ1n) is 7.66. The highest BCUT2D eigenvalue weighted by Gasteiger charge is 2.24. The Bertz CT molecular complexity index is 586. The van der Waals surface area contributed by atoms with Crippen LogP contribution in [0.25, 0.3) is 0 Å². The number of rotatable bonds is 5. The van der Waals surface area contributed by atoms with E-state index in [4.69, 9.17) is 5.73 Å². The fraction of sp³-hybridized carbons (Fsp3) is 0.500. The summed E-state index contributed by atoms with van der Waals surface area (Å²) in [5.41, 5.74) is 5.87. The molecule has 1 aliphatic heterocycles. The van der Waals surface area contributed by atoms with Crippen molar-refractivity contribution in [3.05, 3.63) is 29.6 Å². The van der Waals surface area contributed by atoms with Gasteiger partial charge < -0.3 is 16.2 Å². The van der Waals surface area contributed by atoms with Gasteiger partial charge in [0.15, 0.2) is 11.6 Å². The molecular weight excluding hydrogens is 301 g/mol. The largest absolute Gasteiger partial charge is 0.505 e. The van der Waals surface area contributed by atoms with Gasteiger partial charge in [0.05, 0.1) is 12.6 Å². The highest BCUT2D eigenvalue weighted by atomic mass is 19.1. The number of hydrogen-bond acceptors (Lipinski definition) is 4. The molecule has 1 heterocycles. The Kier molecular flexibility index (Phi) is 5.54. The first kappa shape index (κ1) is 17.2. The van der Waals surface area contributed by atoms with Gasteiger partial charge in [0.2, 0.25) is 11.8 Å². The number of likely N-dealkylation sites (tertiary alicyclic amines) is 1. The fourth-order valence-electron chi connectivity index (χ4n) is 2.74. The Morgan fingerprint density at radius 1 is 1.43 bits per heavy atom. The van der Waals surface area contributed by atoms with Crippen LogP contribution in [0.2, 0.25) is 0 Å². The number of piperidine rings is 1. The number of halogens is 1. The second kappa shape index (κ2) is 7.41. The summed E-state index contributed by atoms with van der Waals surface area (Å²) in [7, 11) is 0. The number of carbonyl (C=O) groups excluding carboxylic acids is 2. The zero-order valence-electron chi connectivity index (χ0n) is 13.1. The number of amides is 2. The summed E-state index contributed by atoms with van der Waals surface area (Å²) in [4.78, 5) is 25.2. The molecule has 7 heteroatoms. The molecule has 6 nitrogen and oxygen atoms in total. The van der Waals surface area contributed by atoms with Gasteiger partial charge in [-0.25, -0.2) is 4.39 Å². The van der Waals surface area contributed by atoms with Gasteiger partial charge in [-0.15, -0.1) is 0 Å². The van der Waals surface area contributed by atoms with Crippen molar-refractivity contribution >= 4 is 11.8 Å². The van der Waals surface area contributed by atoms with Gasteiger partial charge in [0.1, 0.15) is 0 Å². The molecule has 1 saturated heterocycles. The van der Waals surface area contributed by atoms with Crippen LogP contribution >= 0.6 is 0 Å². The van der Waals surface area contributed by atoms with Crippen LogP contribution in [-0.4, -0.2) is 41.5 Å². The van der Waals surface area contributed by atoms with Crippen LogP contribution in [0.4, 0.5) is 4.39 Å².